The van der Waals surface area contributed by atoms with Crippen LogP contribution in [-0.4, -0.2) is 36.0 Å². The average Bonchev–Trinajstić information content (AvgIpc) is 3.41. The van der Waals surface area contributed by atoms with Crippen LogP contribution in [0.3, 0.4) is 0 Å². The average molecular weight is 491 g/mol. The number of aliphatic hydroxyl groups excluding tert-OH is 1. The summed E-state index contributed by atoms with van der Waals surface area (Å²) < 4.78 is 25.1. The van der Waals surface area contributed by atoms with Gasteiger partial charge in [-0.2, -0.15) is 0 Å². The summed E-state index contributed by atoms with van der Waals surface area (Å²) in [7, 11) is 2.99. The zero-order valence-electron chi connectivity index (χ0n) is 18.7. The van der Waals surface area contributed by atoms with E-state index in [1.54, 1.807) is 49.6 Å². The van der Waals surface area contributed by atoms with Crippen LogP contribution in [0, 0.1) is 5.82 Å². The predicted molar refractivity (Wildman–Crippen MR) is 130 cm³/mol. The van der Waals surface area contributed by atoms with Crippen LogP contribution >= 0.6 is 11.3 Å². The first-order valence-corrected chi connectivity index (χ1v) is 11.4. The maximum atomic E-state index is 13.7. The number of fused-ring (bicyclic) bond motifs is 1. The Hall–Kier alpha value is -4.24. The standard InChI is InChI=1S/C26H19FN2O5S/c1-33-16-11-12-18-20(13-16)35-26(28-18)29-22(14-7-9-15(27)10-8-14)21(24(31)25(29)32)23(30)17-5-3-4-6-19(17)34-2/h3-13,22,30H,1-2H3. The summed E-state index contributed by atoms with van der Waals surface area (Å²) in [6, 6.07) is 16.3. The minimum atomic E-state index is -1.03. The van der Waals surface area contributed by atoms with Gasteiger partial charge in [0.05, 0.1) is 41.6 Å². The molecule has 2 heterocycles. The summed E-state index contributed by atoms with van der Waals surface area (Å²) in [5.41, 5.74) is 1.19. The van der Waals surface area contributed by atoms with Crippen LogP contribution in [0.5, 0.6) is 11.5 Å². The molecule has 1 atom stereocenters. The van der Waals surface area contributed by atoms with Crippen molar-refractivity contribution in [2.75, 3.05) is 19.1 Å². The van der Waals surface area contributed by atoms with Crippen LogP contribution in [0.2, 0.25) is 0 Å². The summed E-state index contributed by atoms with van der Waals surface area (Å²) in [5, 5.41) is 11.5. The molecule has 4 aromatic rings. The smallest absolute Gasteiger partial charge is 0.301 e. The molecule has 7 nitrogen and oxygen atoms in total. The Labute approximate surface area is 203 Å². The molecular weight excluding hydrogens is 471 g/mol. The first-order chi connectivity index (χ1) is 16.9. The van der Waals surface area contributed by atoms with Gasteiger partial charge in [0.15, 0.2) is 5.13 Å². The van der Waals surface area contributed by atoms with Gasteiger partial charge < -0.3 is 14.6 Å². The third-order valence-corrected chi connectivity index (χ3v) is 6.80. The molecule has 3 aromatic carbocycles. The number of hydrogen-bond acceptors (Lipinski definition) is 7. The van der Waals surface area contributed by atoms with Crippen molar-refractivity contribution in [2.24, 2.45) is 0 Å². The third-order valence-electron chi connectivity index (χ3n) is 5.78. The maximum absolute atomic E-state index is 13.7. The van der Waals surface area contributed by atoms with Gasteiger partial charge in [0.2, 0.25) is 0 Å². The minimum absolute atomic E-state index is 0.136. The van der Waals surface area contributed by atoms with E-state index < -0.39 is 23.5 Å². The Kier molecular flexibility index (Phi) is 5.70. The van der Waals surface area contributed by atoms with E-state index in [9.17, 15) is 19.1 Å². The van der Waals surface area contributed by atoms with Gasteiger partial charge in [0.25, 0.3) is 5.78 Å². The second-order valence-electron chi connectivity index (χ2n) is 7.75. The zero-order valence-corrected chi connectivity index (χ0v) is 19.5. The Bertz CT molecular complexity index is 1500. The molecular formula is C26H19FN2O5S. The Morgan fingerprint density at radius 3 is 2.49 bits per heavy atom. The molecule has 35 heavy (non-hydrogen) atoms. The van der Waals surface area contributed by atoms with Gasteiger partial charge in [-0.1, -0.05) is 35.6 Å². The van der Waals surface area contributed by atoms with Crippen molar-refractivity contribution in [2.45, 2.75) is 6.04 Å². The van der Waals surface area contributed by atoms with Crippen molar-refractivity contribution in [3.63, 3.8) is 0 Å². The van der Waals surface area contributed by atoms with Crippen molar-refractivity contribution in [3.8, 4) is 11.5 Å². The highest BCUT2D eigenvalue weighted by Crippen LogP contribution is 2.45. The number of Topliss-reactive ketones (excluding diaryl/α,β-unsaturated/α-hetero) is 1. The molecule has 0 bridgehead atoms. The van der Waals surface area contributed by atoms with Crippen molar-refractivity contribution in [3.05, 3.63) is 89.2 Å². The van der Waals surface area contributed by atoms with Gasteiger partial charge in [0.1, 0.15) is 23.1 Å². The monoisotopic (exact) mass is 490 g/mol. The number of carbonyl (C=O) groups excluding carboxylic acids is 2. The number of aromatic nitrogens is 1. The van der Waals surface area contributed by atoms with E-state index in [0.29, 0.717) is 22.6 Å². The number of para-hydroxylation sites is 1. The second kappa shape index (κ2) is 8.84. The highest BCUT2D eigenvalue weighted by molar-refractivity contribution is 7.22. The number of rotatable bonds is 5. The molecule has 1 unspecified atom stereocenters. The fourth-order valence-electron chi connectivity index (χ4n) is 4.10. The molecule has 0 aliphatic carbocycles. The lowest BCUT2D eigenvalue weighted by molar-refractivity contribution is -0.132. The van der Waals surface area contributed by atoms with Crippen molar-refractivity contribution in [1.82, 2.24) is 4.98 Å². The number of halogens is 1. The topological polar surface area (TPSA) is 89.0 Å². The van der Waals surface area contributed by atoms with Gasteiger partial charge in [-0.05, 0) is 48.0 Å². The van der Waals surface area contributed by atoms with E-state index in [1.165, 1.54) is 47.6 Å². The number of methoxy groups -OCH3 is 2. The van der Waals surface area contributed by atoms with Crippen LogP contribution in [0.4, 0.5) is 9.52 Å². The largest absolute Gasteiger partial charge is 0.507 e. The molecule has 1 saturated heterocycles. The summed E-state index contributed by atoms with van der Waals surface area (Å²) in [6.45, 7) is 0. The highest BCUT2D eigenvalue weighted by Gasteiger charge is 2.48. The quantitative estimate of drug-likeness (QED) is 0.239. The van der Waals surface area contributed by atoms with Crippen LogP contribution in [-0.2, 0) is 9.59 Å². The van der Waals surface area contributed by atoms with Gasteiger partial charge in [0, 0.05) is 0 Å². The van der Waals surface area contributed by atoms with Crippen LogP contribution < -0.4 is 14.4 Å². The van der Waals surface area contributed by atoms with Gasteiger partial charge in [-0.15, -0.1) is 0 Å². The molecule has 5 rings (SSSR count). The van der Waals surface area contributed by atoms with E-state index in [-0.39, 0.29) is 22.0 Å². The first kappa shape index (κ1) is 22.5. The van der Waals surface area contributed by atoms with Gasteiger partial charge >= 0.3 is 5.91 Å². The minimum Gasteiger partial charge on any atom is -0.507 e. The first-order valence-electron chi connectivity index (χ1n) is 10.6. The second-order valence-corrected chi connectivity index (χ2v) is 8.76. The number of nitrogens with zero attached hydrogens (tertiary/aromatic N) is 2. The SMILES string of the molecule is COc1ccc2nc(N3C(=O)C(=O)C(=C(O)c4ccccc4OC)C3c3ccc(F)cc3)sc2c1. The molecule has 1 amide bonds. The third kappa shape index (κ3) is 3.79. The van der Waals surface area contributed by atoms with E-state index in [2.05, 4.69) is 4.98 Å². The van der Waals surface area contributed by atoms with Crippen molar-refractivity contribution in [1.29, 1.82) is 0 Å². The lowest BCUT2D eigenvalue weighted by Crippen LogP contribution is -2.29. The number of hydrogen-bond donors (Lipinski definition) is 1. The fourth-order valence-corrected chi connectivity index (χ4v) is 5.12. The Morgan fingerprint density at radius 2 is 1.77 bits per heavy atom. The van der Waals surface area contributed by atoms with E-state index in [4.69, 9.17) is 9.47 Å². The summed E-state index contributed by atoms with van der Waals surface area (Å²) >= 11 is 1.21. The number of aliphatic hydroxyl groups is 1. The highest BCUT2D eigenvalue weighted by atomic mass is 32.1. The lowest BCUT2D eigenvalue weighted by Gasteiger charge is -2.23. The molecule has 0 saturated carbocycles. The molecule has 1 aromatic heterocycles. The molecule has 0 spiro atoms. The summed E-state index contributed by atoms with van der Waals surface area (Å²) in [5.74, 6) is -1.62. The molecule has 0 radical (unpaired) electrons. The number of ketones is 1. The number of benzene rings is 3. The summed E-state index contributed by atoms with van der Waals surface area (Å²) in [6.07, 6.45) is 0. The molecule has 9 heteroatoms. The number of amides is 1. The van der Waals surface area contributed by atoms with E-state index >= 15 is 0 Å². The normalized spacial score (nSPS) is 17.2. The molecule has 1 fully saturated rings. The number of anilines is 1. The fraction of sp³-hybridized carbons (Fsp3) is 0.115. The number of carbonyl (C=O) groups is 2. The molecule has 1 aliphatic rings. The van der Waals surface area contributed by atoms with Crippen molar-refractivity contribution < 1.29 is 28.6 Å². The molecule has 1 N–H and O–H groups in total. The van der Waals surface area contributed by atoms with Crippen molar-refractivity contribution >= 4 is 44.1 Å². The Balaban J connectivity index is 1.73. The Morgan fingerprint density at radius 1 is 1.03 bits per heavy atom. The van der Waals surface area contributed by atoms with Crippen LogP contribution in [0.15, 0.2) is 72.3 Å². The predicted octanol–water partition coefficient (Wildman–Crippen LogP) is 5.08. The molecule has 1 aliphatic heterocycles. The molecule has 176 valence electrons. The number of thiazole rings is 1. The zero-order chi connectivity index (χ0) is 24.7. The van der Waals surface area contributed by atoms with Gasteiger partial charge in [-0.25, -0.2) is 9.37 Å². The van der Waals surface area contributed by atoms with E-state index in [0.717, 1.165) is 4.70 Å². The van der Waals surface area contributed by atoms with Crippen LogP contribution in [0.25, 0.3) is 16.0 Å². The van der Waals surface area contributed by atoms with Crippen LogP contribution in [0.1, 0.15) is 17.2 Å². The summed E-state index contributed by atoms with van der Waals surface area (Å²) in [4.78, 5) is 32.4. The van der Waals surface area contributed by atoms with E-state index in [1.807, 2.05) is 0 Å². The maximum Gasteiger partial charge on any atom is 0.301 e. The lowest BCUT2D eigenvalue weighted by atomic mass is 9.95. The van der Waals surface area contributed by atoms with Gasteiger partial charge in [-0.3, -0.25) is 14.5 Å². The number of ether oxygens (including phenoxy) is 2.